The first-order chi connectivity index (χ1) is 19.3. The number of aryl methyl sites for hydroxylation is 2. The molecule has 7 nitrogen and oxygen atoms in total. The lowest BCUT2D eigenvalue weighted by Crippen LogP contribution is -2.44. The highest BCUT2D eigenvalue weighted by atomic mass is 127. The maximum absolute atomic E-state index is 15.4. The van der Waals surface area contributed by atoms with Crippen LogP contribution in [0.2, 0.25) is 0 Å². The normalized spacial score (nSPS) is 21.6. The van der Waals surface area contributed by atoms with E-state index in [1.165, 1.54) is 17.7 Å². The number of hydrogen-bond acceptors (Lipinski definition) is 7. The molecule has 40 heavy (non-hydrogen) atoms. The highest BCUT2D eigenvalue weighted by molar-refractivity contribution is 14.1. The summed E-state index contributed by atoms with van der Waals surface area (Å²) in [5, 5.41) is 3.37. The molecule has 3 atom stereocenters. The molecule has 2 unspecified atom stereocenters. The van der Waals surface area contributed by atoms with Gasteiger partial charge < -0.3 is 17.9 Å². The van der Waals surface area contributed by atoms with Crippen LogP contribution in [-0.2, 0) is 25.4 Å². The van der Waals surface area contributed by atoms with Crippen LogP contribution < -0.4 is 10.1 Å². The molecule has 4 heterocycles. The number of aromatic nitrogens is 1. The van der Waals surface area contributed by atoms with Crippen LogP contribution >= 0.6 is 23.0 Å². The summed E-state index contributed by atoms with van der Waals surface area (Å²) in [4.78, 5) is 19.6. The highest BCUT2D eigenvalue weighted by Crippen LogP contribution is 2.38. The zero-order valence-corrected chi connectivity index (χ0v) is 25.1. The summed E-state index contributed by atoms with van der Waals surface area (Å²) in [6, 6.07) is 7.59. The van der Waals surface area contributed by atoms with Gasteiger partial charge in [0, 0.05) is 35.7 Å². The number of fused-ring (bicyclic) bond motifs is 1. The molecule has 0 amide bonds. The van der Waals surface area contributed by atoms with Gasteiger partial charge in [-0.1, -0.05) is 19.4 Å². The standard InChI is InChI=1S/C30H38F2IN3O4/c1-30(17-38-18-30)19-39-26-11-9-22(31)15-24(26)27(29(37)40-33)36-14-12-21(16-36)25(32)7-3-2-6-23-10-8-20-5-4-13-34-28(20)35-23/h8-11,15,21,25,27H,2-7,12-14,16-19H2,1H3,(H,34,35)/t21-,25?,27?/m1/s1. The lowest BCUT2D eigenvalue weighted by Gasteiger charge is -2.38. The molecule has 0 aliphatic carbocycles. The first kappa shape index (κ1) is 29.4. The zero-order chi connectivity index (χ0) is 28.1. The van der Waals surface area contributed by atoms with Gasteiger partial charge >= 0.3 is 5.97 Å². The third-order valence-corrected chi connectivity index (χ3v) is 8.72. The Kier molecular flexibility index (Phi) is 9.78. The molecule has 0 radical (unpaired) electrons. The average molecular weight is 670 g/mol. The van der Waals surface area contributed by atoms with Gasteiger partial charge in [0.1, 0.15) is 29.6 Å². The van der Waals surface area contributed by atoms with E-state index in [2.05, 4.69) is 24.4 Å². The number of likely N-dealkylation sites (tertiary alicyclic amines) is 1. The Morgan fingerprint density at radius 3 is 2.92 bits per heavy atom. The van der Waals surface area contributed by atoms with Crippen molar-refractivity contribution in [3.8, 4) is 5.75 Å². The van der Waals surface area contributed by atoms with Crippen molar-refractivity contribution in [3.63, 3.8) is 0 Å². The van der Waals surface area contributed by atoms with Gasteiger partial charge in [0.25, 0.3) is 0 Å². The molecule has 1 N–H and O–H groups in total. The Morgan fingerprint density at radius 2 is 2.15 bits per heavy atom. The quantitative estimate of drug-likeness (QED) is 0.220. The molecule has 0 spiro atoms. The molecule has 3 aliphatic rings. The Bertz CT molecular complexity index is 1180. The largest absolute Gasteiger partial charge is 0.492 e. The third kappa shape index (κ3) is 7.05. The average Bonchev–Trinajstić information content (AvgIpc) is 3.43. The summed E-state index contributed by atoms with van der Waals surface area (Å²) < 4.78 is 46.2. The van der Waals surface area contributed by atoms with Crippen LogP contribution in [0.5, 0.6) is 5.75 Å². The van der Waals surface area contributed by atoms with E-state index < -0.39 is 24.0 Å². The predicted molar refractivity (Wildman–Crippen MR) is 157 cm³/mol. The van der Waals surface area contributed by atoms with E-state index in [4.69, 9.17) is 17.5 Å². The highest BCUT2D eigenvalue weighted by Gasteiger charge is 2.40. The second kappa shape index (κ2) is 13.3. The number of rotatable bonds is 12. The molecule has 1 aromatic carbocycles. The van der Waals surface area contributed by atoms with Crippen molar-refractivity contribution >= 4 is 34.8 Å². The Morgan fingerprint density at radius 1 is 1.30 bits per heavy atom. The second-order valence-electron chi connectivity index (χ2n) is 11.7. The zero-order valence-electron chi connectivity index (χ0n) is 23.0. The van der Waals surface area contributed by atoms with E-state index in [1.54, 1.807) is 29.1 Å². The summed E-state index contributed by atoms with van der Waals surface area (Å²) in [6.45, 7) is 5.52. The number of pyridine rings is 1. The van der Waals surface area contributed by atoms with Gasteiger partial charge in [-0.15, -0.1) is 0 Å². The van der Waals surface area contributed by atoms with Gasteiger partial charge in [-0.2, -0.15) is 0 Å². The molecule has 10 heteroatoms. The van der Waals surface area contributed by atoms with Crippen LogP contribution in [0.3, 0.4) is 0 Å². The van der Waals surface area contributed by atoms with E-state index in [-0.39, 0.29) is 11.3 Å². The van der Waals surface area contributed by atoms with Crippen molar-refractivity contribution in [1.29, 1.82) is 0 Å². The number of anilines is 1. The number of hydrogen-bond donors (Lipinski definition) is 1. The lowest BCUT2D eigenvalue weighted by atomic mass is 9.90. The van der Waals surface area contributed by atoms with E-state index in [0.29, 0.717) is 57.1 Å². The summed E-state index contributed by atoms with van der Waals surface area (Å²) in [7, 11) is 0. The molecule has 0 bridgehead atoms. The van der Waals surface area contributed by atoms with Crippen molar-refractivity contribution in [2.45, 2.75) is 64.1 Å². The molecular weight excluding hydrogens is 631 g/mol. The number of benzene rings is 1. The predicted octanol–water partition coefficient (Wildman–Crippen LogP) is 6.00. The monoisotopic (exact) mass is 669 g/mol. The van der Waals surface area contributed by atoms with Gasteiger partial charge in [0.05, 0.1) is 19.8 Å². The third-order valence-electron chi connectivity index (χ3n) is 8.29. The van der Waals surface area contributed by atoms with Crippen molar-refractivity contribution in [3.05, 3.63) is 53.0 Å². The Hall–Kier alpha value is -2.05. The topological polar surface area (TPSA) is 72.9 Å². The molecule has 5 rings (SSSR count). The van der Waals surface area contributed by atoms with Crippen molar-refractivity contribution in [2.24, 2.45) is 11.3 Å². The lowest BCUT2D eigenvalue weighted by molar-refractivity contribution is -0.137. The summed E-state index contributed by atoms with van der Waals surface area (Å²) in [6.07, 6.45) is 4.81. The molecular formula is C30H38F2IN3O4. The molecule has 0 saturated carbocycles. The van der Waals surface area contributed by atoms with Crippen LogP contribution in [-0.4, -0.2) is 61.5 Å². The number of alkyl halides is 1. The van der Waals surface area contributed by atoms with E-state index in [0.717, 1.165) is 50.2 Å². The Labute approximate surface area is 249 Å². The maximum Gasteiger partial charge on any atom is 0.337 e. The first-order valence-electron chi connectivity index (χ1n) is 14.3. The minimum atomic E-state index is -0.971. The first-order valence-corrected chi connectivity index (χ1v) is 15.2. The maximum atomic E-state index is 15.4. The van der Waals surface area contributed by atoms with Crippen LogP contribution in [0, 0.1) is 17.2 Å². The fourth-order valence-electron chi connectivity index (χ4n) is 5.90. The molecule has 218 valence electrons. The van der Waals surface area contributed by atoms with Gasteiger partial charge in [0.15, 0.2) is 23.0 Å². The van der Waals surface area contributed by atoms with Gasteiger partial charge in [0.2, 0.25) is 0 Å². The van der Waals surface area contributed by atoms with Crippen molar-refractivity contribution < 1.29 is 26.1 Å². The van der Waals surface area contributed by atoms with Crippen LogP contribution in [0.1, 0.15) is 61.9 Å². The Balaban J connectivity index is 1.17. The number of unbranched alkanes of at least 4 members (excludes halogenated alkanes) is 1. The minimum Gasteiger partial charge on any atom is -0.492 e. The molecule has 2 saturated heterocycles. The SMILES string of the molecule is CC1(COc2ccc(F)cc2C(C(=O)OI)N2CC[C@@H](C(F)CCCCc3ccc4c(n3)NCCC4)C2)COC1. The van der Waals surface area contributed by atoms with Crippen molar-refractivity contribution in [1.82, 2.24) is 9.88 Å². The molecule has 2 aromatic rings. The van der Waals surface area contributed by atoms with Gasteiger partial charge in [-0.05, 0) is 74.9 Å². The number of halogens is 3. The fourth-order valence-corrected chi connectivity index (χ4v) is 6.14. The number of carbonyl (C=O) groups excluding carboxylic acids is 1. The summed E-state index contributed by atoms with van der Waals surface area (Å²) in [5.41, 5.74) is 2.61. The van der Waals surface area contributed by atoms with Gasteiger partial charge in [-0.25, -0.2) is 18.6 Å². The summed E-state index contributed by atoms with van der Waals surface area (Å²) >= 11 is 1.56. The fraction of sp³-hybridized carbons (Fsp3) is 0.600. The van der Waals surface area contributed by atoms with E-state index >= 15 is 4.39 Å². The number of nitrogens with one attached hydrogen (secondary N) is 1. The molecule has 2 fully saturated rings. The van der Waals surface area contributed by atoms with Crippen LogP contribution in [0.4, 0.5) is 14.6 Å². The van der Waals surface area contributed by atoms with E-state index in [1.807, 2.05) is 4.90 Å². The summed E-state index contributed by atoms with van der Waals surface area (Å²) in [5.74, 6) is 0.260. The van der Waals surface area contributed by atoms with Gasteiger partial charge in [-0.3, -0.25) is 4.90 Å². The smallest absolute Gasteiger partial charge is 0.337 e. The number of nitrogens with zero attached hydrogens (tertiary/aromatic N) is 2. The number of ether oxygens (including phenoxy) is 2. The van der Waals surface area contributed by atoms with E-state index in [9.17, 15) is 9.18 Å². The number of carbonyl (C=O) groups is 1. The minimum absolute atomic E-state index is 0.113. The molecule has 1 aromatic heterocycles. The second-order valence-corrected chi connectivity index (χ2v) is 12.2. The molecule has 3 aliphatic heterocycles. The van der Waals surface area contributed by atoms with Crippen LogP contribution in [0.25, 0.3) is 0 Å². The van der Waals surface area contributed by atoms with Crippen molar-refractivity contribution in [2.75, 3.05) is 44.8 Å². The van der Waals surface area contributed by atoms with Crippen LogP contribution in [0.15, 0.2) is 30.3 Å².